The third-order valence-electron chi connectivity index (χ3n) is 9.67. The Labute approximate surface area is 267 Å². The number of methoxy groups -OCH3 is 1. The summed E-state index contributed by atoms with van der Waals surface area (Å²) >= 11 is 0. The van der Waals surface area contributed by atoms with Crippen LogP contribution >= 0.6 is 0 Å². The maximum atomic E-state index is 15.0. The van der Waals surface area contributed by atoms with Gasteiger partial charge in [0.15, 0.2) is 11.6 Å². The number of carboxylic acids is 1. The number of carboxylic acid groups (broad SMARTS) is 1. The molecule has 47 heavy (non-hydrogen) atoms. The largest absolute Gasteiger partial charge is 0.501 e. The molecular weight excluding hydrogens is 652 g/mol. The van der Waals surface area contributed by atoms with Crippen LogP contribution in [0.15, 0.2) is 41.3 Å². The molecule has 0 aromatic heterocycles. The van der Waals surface area contributed by atoms with E-state index in [4.69, 9.17) is 9.47 Å². The van der Waals surface area contributed by atoms with Gasteiger partial charge in [0.05, 0.1) is 41.6 Å². The number of carbonyl (C=O) groups excluding carboxylic acids is 2. The van der Waals surface area contributed by atoms with Gasteiger partial charge in [-0.05, 0) is 81.0 Å². The Hall–Kier alpha value is -3.92. The summed E-state index contributed by atoms with van der Waals surface area (Å²) in [5.74, 6) is -4.62. The van der Waals surface area contributed by atoms with Crippen molar-refractivity contribution >= 4 is 33.3 Å². The first-order valence-electron chi connectivity index (χ1n) is 15.0. The number of rotatable bonds is 10. The van der Waals surface area contributed by atoms with Crippen molar-refractivity contribution in [2.45, 2.75) is 67.5 Å². The molecule has 4 atom stereocenters. The summed E-state index contributed by atoms with van der Waals surface area (Å²) in [6.45, 7) is -0.537. The molecule has 16 heteroatoms. The lowest BCUT2D eigenvalue weighted by Gasteiger charge is -2.35. The fourth-order valence-corrected chi connectivity index (χ4v) is 7.87. The average Bonchev–Trinajstić information content (AvgIpc) is 3.64. The number of benzene rings is 2. The van der Waals surface area contributed by atoms with Crippen LogP contribution in [0.4, 0.5) is 23.2 Å². The van der Waals surface area contributed by atoms with E-state index in [0.29, 0.717) is 19.3 Å². The van der Waals surface area contributed by atoms with Gasteiger partial charge in [0.2, 0.25) is 5.91 Å². The monoisotopic (exact) mass is 686 g/mol. The van der Waals surface area contributed by atoms with Crippen molar-refractivity contribution < 1.29 is 60.0 Å². The first kappa shape index (κ1) is 34.4. The standard InChI is InChI=1S/C31H34F4N2O9S/c1-45-23-14-22(32)24(46-19-7-9-30(15-38,10-8-19)29(41)42)13-21(23)27(39)37-26-17-6-5-16(11-17)25(26)28(40)36-18-3-2-4-20(12-18)47(43,44)31(33,34)35/h2-4,12-14,16-17,19,25-26,38H,5-11,15H2,1H3,(H,36,40)(H,37,39)(H,41,42)/t16-,17+,19-,25-,26+,30+/m0/s1. The van der Waals surface area contributed by atoms with Gasteiger partial charge in [-0.2, -0.15) is 13.2 Å². The van der Waals surface area contributed by atoms with Crippen LogP contribution in [-0.2, 0) is 19.4 Å². The number of sulfone groups is 1. The minimum absolute atomic E-state index is 0.0815. The fourth-order valence-electron chi connectivity index (χ4n) is 7.06. The van der Waals surface area contributed by atoms with Crippen LogP contribution in [0.1, 0.15) is 55.3 Å². The molecule has 256 valence electrons. The van der Waals surface area contributed by atoms with Gasteiger partial charge in [-0.15, -0.1) is 0 Å². The van der Waals surface area contributed by atoms with Gasteiger partial charge in [-0.1, -0.05) is 6.07 Å². The summed E-state index contributed by atoms with van der Waals surface area (Å²) in [5, 5.41) is 24.5. The summed E-state index contributed by atoms with van der Waals surface area (Å²) in [6.07, 6.45) is 2.11. The highest BCUT2D eigenvalue weighted by Gasteiger charge is 2.52. The maximum absolute atomic E-state index is 15.0. The molecule has 3 aliphatic rings. The van der Waals surface area contributed by atoms with Crippen LogP contribution in [0.25, 0.3) is 0 Å². The van der Waals surface area contributed by atoms with E-state index in [2.05, 4.69) is 10.6 Å². The van der Waals surface area contributed by atoms with Crippen LogP contribution in [0, 0.1) is 29.0 Å². The molecule has 3 aliphatic carbocycles. The van der Waals surface area contributed by atoms with E-state index in [1.54, 1.807) is 0 Å². The molecule has 0 aliphatic heterocycles. The maximum Gasteiger partial charge on any atom is 0.501 e. The number of amides is 2. The molecule has 0 spiro atoms. The van der Waals surface area contributed by atoms with E-state index >= 15 is 4.39 Å². The molecule has 2 aromatic rings. The molecule has 3 fully saturated rings. The van der Waals surface area contributed by atoms with Crippen molar-refractivity contribution in [3.8, 4) is 11.5 Å². The summed E-state index contributed by atoms with van der Waals surface area (Å²) in [6, 6.07) is 5.31. The normalized spacial score (nSPS) is 27.2. The Kier molecular flexibility index (Phi) is 9.48. The zero-order valence-corrected chi connectivity index (χ0v) is 26.0. The first-order valence-corrected chi connectivity index (χ1v) is 16.5. The average molecular weight is 687 g/mol. The van der Waals surface area contributed by atoms with Gasteiger partial charge in [0, 0.05) is 17.8 Å². The van der Waals surface area contributed by atoms with Crippen LogP contribution in [0.5, 0.6) is 11.5 Å². The van der Waals surface area contributed by atoms with E-state index in [0.717, 1.165) is 24.3 Å². The molecule has 2 aromatic carbocycles. The third-order valence-corrected chi connectivity index (χ3v) is 11.2. The quantitative estimate of drug-likeness (QED) is 0.267. The van der Waals surface area contributed by atoms with Crippen LogP contribution in [-0.4, -0.2) is 67.8 Å². The molecule has 0 unspecified atom stereocenters. The van der Waals surface area contributed by atoms with E-state index in [1.165, 1.54) is 19.2 Å². The summed E-state index contributed by atoms with van der Waals surface area (Å²) < 4.78 is 89.1. The SMILES string of the molecule is COc1cc(F)c(O[C@H]2CC[C@@](CO)(C(=O)O)CC2)cc1C(=O)N[C@@H]1[C@@H]2CC[C@@H](C2)[C@@H]1C(=O)Nc1cccc(S(=O)(=O)C(F)(F)F)c1. The lowest BCUT2D eigenvalue weighted by atomic mass is 9.74. The number of aliphatic hydroxyl groups is 1. The molecule has 2 bridgehead atoms. The number of aliphatic hydroxyl groups excluding tert-OH is 1. The van der Waals surface area contributed by atoms with Gasteiger partial charge in [0.25, 0.3) is 15.7 Å². The molecule has 0 saturated heterocycles. The molecular formula is C31H34F4N2O9S. The number of fused-ring (bicyclic) bond motifs is 2. The van der Waals surface area contributed by atoms with E-state index < -0.39 is 73.9 Å². The van der Waals surface area contributed by atoms with E-state index in [1.807, 2.05) is 0 Å². The second-order valence-corrected chi connectivity index (χ2v) is 14.3. The lowest BCUT2D eigenvalue weighted by Crippen LogP contribution is -2.48. The smallest absolute Gasteiger partial charge is 0.496 e. The second kappa shape index (κ2) is 12.9. The Morgan fingerprint density at radius 3 is 2.32 bits per heavy atom. The van der Waals surface area contributed by atoms with E-state index in [9.17, 15) is 46.2 Å². The zero-order valence-electron chi connectivity index (χ0n) is 25.2. The Morgan fingerprint density at radius 1 is 1.02 bits per heavy atom. The Bertz CT molecular complexity index is 1660. The molecule has 0 radical (unpaired) electrons. The molecule has 2 amide bonds. The number of aliphatic carboxylic acids is 1. The summed E-state index contributed by atoms with van der Waals surface area (Å²) in [4.78, 5) is 37.7. The number of hydrogen-bond donors (Lipinski definition) is 4. The van der Waals surface area contributed by atoms with Crippen molar-refractivity contribution in [1.29, 1.82) is 0 Å². The second-order valence-electron chi connectivity index (χ2n) is 12.4. The van der Waals surface area contributed by atoms with Crippen LogP contribution in [0.3, 0.4) is 0 Å². The number of alkyl halides is 3. The lowest BCUT2D eigenvalue weighted by molar-refractivity contribution is -0.155. The number of anilines is 1. The van der Waals surface area contributed by atoms with Crippen molar-refractivity contribution in [2.75, 3.05) is 19.0 Å². The Balaban J connectivity index is 1.32. The summed E-state index contributed by atoms with van der Waals surface area (Å²) in [5.41, 5.74) is -7.06. The highest BCUT2D eigenvalue weighted by molar-refractivity contribution is 7.92. The topological polar surface area (TPSA) is 168 Å². The van der Waals surface area contributed by atoms with Crippen molar-refractivity contribution in [3.05, 3.63) is 47.8 Å². The molecule has 0 heterocycles. The number of hydrogen-bond acceptors (Lipinski definition) is 8. The van der Waals surface area contributed by atoms with Crippen molar-refractivity contribution in [3.63, 3.8) is 0 Å². The van der Waals surface area contributed by atoms with E-state index in [-0.39, 0.29) is 60.3 Å². The number of ether oxygens (including phenoxy) is 2. The van der Waals surface area contributed by atoms with Crippen molar-refractivity contribution in [2.24, 2.45) is 23.2 Å². The molecule has 11 nitrogen and oxygen atoms in total. The number of nitrogens with one attached hydrogen (secondary N) is 2. The summed E-state index contributed by atoms with van der Waals surface area (Å²) in [7, 11) is -4.40. The number of halogens is 4. The molecule has 3 saturated carbocycles. The minimum atomic E-state index is -5.64. The molecule has 5 rings (SSSR count). The number of carbonyl (C=O) groups is 3. The van der Waals surface area contributed by atoms with Gasteiger partial charge in [-0.3, -0.25) is 14.4 Å². The van der Waals surface area contributed by atoms with Gasteiger partial charge < -0.3 is 30.3 Å². The predicted octanol–water partition coefficient (Wildman–Crippen LogP) is 4.30. The van der Waals surface area contributed by atoms with Gasteiger partial charge in [-0.25, -0.2) is 12.8 Å². The fraction of sp³-hybridized carbons (Fsp3) is 0.516. The minimum Gasteiger partial charge on any atom is -0.496 e. The predicted molar refractivity (Wildman–Crippen MR) is 157 cm³/mol. The zero-order chi connectivity index (χ0) is 34.3. The van der Waals surface area contributed by atoms with Gasteiger partial charge >= 0.3 is 11.5 Å². The third kappa shape index (κ3) is 6.62. The van der Waals surface area contributed by atoms with Crippen molar-refractivity contribution in [1.82, 2.24) is 5.32 Å². The van der Waals surface area contributed by atoms with Gasteiger partial charge in [0.1, 0.15) is 5.75 Å². The highest BCUT2D eigenvalue weighted by atomic mass is 32.2. The Morgan fingerprint density at radius 2 is 1.70 bits per heavy atom. The highest BCUT2D eigenvalue weighted by Crippen LogP contribution is 2.49. The van der Waals surface area contributed by atoms with Crippen LogP contribution < -0.4 is 20.1 Å². The first-order chi connectivity index (χ1) is 22.1. The molecule has 4 N–H and O–H groups in total. The van der Waals surface area contributed by atoms with Crippen LogP contribution in [0.2, 0.25) is 0 Å².